The number of ether oxygens (including phenoxy) is 1. The molecule has 0 aromatic heterocycles. The van der Waals surface area contributed by atoms with Crippen LogP contribution in [0.15, 0.2) is 0 Å². The molecule has 0 aromatic rings. The summed E-state index contributed by atoms with van der Waals surface area (Å²) in [7, 11) is -3.34. The van der Waals surface area contributed by atoms with E-state index < -0.39 is 15.4 Å². The Balaban J connectivity index is 1.81. The van der Waals surface area contributed by atoms with Crippen LogP contribution in [-0.2, 0) is 14.8 Å². The van der Waals surface area contributed by atoms with E-state index in [0.717, 1.165) is 12.8 Å². The van der Waals surface area contributed by atoms with Gasteiger partial charge in [-0.25, -0.2) is 8.42 Å². The second-order valence-corrected chi connectivity index (χ2v) is 9.65. The fourth-order valence-corrected chi connectivity index (χ4v) is 6.59. The summed E-state index contributed by atoms with van der Waals surface area (Å²) >= 11 is 0. The van der Waals surface area contributed by atoms with Gasteiger partial charge in [-0.3, -0.25) is 0 Å². The number of fused-ring (bicyclic) bond motifs is 2. The van der Waals surface area contributed by atoms with Crippen molar-refractivity contribution in [2.75, 3.05) is 25.5 Å². The van der Waals surface area contributed by atoms with Gasteiger partial charge in [-0.2, -0.15) is 9.57 Å². The van der Waals surface area contributed by atoms with Crippen LogP contribution in [0.5, 0.6) is 0 Å². The number of hydrogen-bond acceptors (Lipinski definition) is 4. The molecular weight excluding hydrogens is 288 g/mol. The van der Waals surface area contributed by atoms with Crippen LogP contribution in [0, 0.1) is 28.1 Å². The fourth-order valence-electron chi connectivity index (χ4n) is 4.26. The van der Waals surface area contributed by atoms with E-state index in [9.17, 15) is 8.42 Å². The van der Waals surface area contributed by atoms with Crippen molar-refractivity contribution in [3.05, 3.63) is 0 Å². The highest BCUT2D eigenvalue weighted by molar-refractivity contribution is 7.89. The largest absolute Gasteiger partial charge is 0.379 e. The third-order valence-electron chi connectivity index (χ3n) is 5.52. The standard InChI is InChI=1S/C15H24N2O3S/c1-14(2,6-7-16)11-21(18,19)17-10-15(4-3-5-15)12-8-20-9-13(12)17/h12-13H,3-6,8-11H2,1-2H3/t12-,13+/m0/s1. The van der Waals surface area contributed by atoms with Gasteiger partial charge in [0, 0.05) is 18.9 Å². The Morgan fingerprint density at radius 3 is 2.67 bits per heavy atom. The minimum absolute atomic E-state index is 0.0215. The van der Waals surface area contributed by atoms with Gasteiger partial charge in [0.15, 0.2) is 0 Å². The van der Waals surface area contributed by atoms with Gasteiger partial charge < -0.3 is 4.74 Å². The molecule has 0 bridgehead atoms. The van der Waals surface area contributed by atoms with Gasteiger partial charge in [-0.15, -0.1) is 0 Å². The Morgan fingerprint density at radius 2 is 2.10 bits per heavy atom. The second kappa shape index (κ2) is 4.94. The summed E-state index contributed by atoms with van der Waals surface area (Å²) < 4.78 is 33.0. The van der Waals surface area contributed by atoms with Crippen LogP contribution in [0.4, 0.5) is 0 Å². The predicted octanol–water partition coefficient (Wildman–Crippen LogP) is 1.76. The molecule has 2 aliphatic heterocycles. The molecule has 2 heterocycles. The molecule has 3 aliphatic rings. The Kier molecular flexibility index (Phi) is 3.59. The van der Waals surface area contributed by atoms with E-state index in [4.69, 9.17) is 10.00 Å². The van der Waals surface area contributed by atoms with Crippen LogP contribution in [0.2, 0.25) is 0 Å². The highest BCUT2D eigenvalue weighted by Gasteiger charge is 2.60. The molecule has 0 aromatic carbocycles. The first-order valence-electron chi connectivity index (χ1n) is 7.74. The molecule has 2 atom stereocenters. The maximum absolute atomic E-state index is 12.9. The highest BCUT2D eigenvalue weighted by Crippen LogP contribution is 2.56. The maximum atomic E-state index is 12.9. The molecule has 0 amide bonds. The quantitative estimate of drug-likeness (QED) is 0.793. The van der Waals surface area contributed by atoms with Crippen LogP contribution >= 0.6 is 0 Å². The first kappa shape index (κ1) is 15.3. The average Bonchev–Trinajstić information content (AvgIpc) is 2.83. The summed E-state index contributed by atoms with van der Waals surface area (Å²) in [5.41, 5.74) is -0.328. The smallest absolute Gasteiger partial charge is 0.215 e. The van der Waals surface area contributed by atoms with E-state index in [1.54, 1.807) is 4.31 Å². The van der Waals surface area contributed by atoms with Gasteiger partial charge in [0.2, 0.25) is 10.0 Å². The number of nitrogens with zero attached hydrogens (tertiary/aromatic N) is 2. The molecule has 3 rings (SSSR count). The molecular formula is C15H24N2O3S. The van der Waals surface area contributed by atoms with Crippen molar-refractivity contribution in [1.29, 1.82) is 5.26 Å². The van der Waals surface area contributed by atoms with E-state index in [1.807, 2.05) is 13.8 Å². The molecule has 1 spiro atoms. The number of hydrogen-bond donors (Lipinski definition) is 0. The molecule has 6 heteroatoms. The Morgan fingerprint density at radius 1 is 1.38 bits per heavy atom. The molecule has 0 N–H and O–H groups in total. The third-order valence-corrected chi connectivity index (χ3v) is 7.78. The van der Waals surface area contributed by atoms with Gasteiger partial charge in [0.1, 0.15) is 0 Å². The molecule has 0 radical (unpaired) electrons. The number of sulfonamides is 1. The van der Waals surface area contributed by atoms with Crippen LogP contribution in [-0.4, -0.2) is 44.3 Å². The minimum Gasteiger partial charge on any atom is -0.379 e. The summed E-state index contributed by atoms with van der Waals surface area (Å²) in [4.78, 5) is 0. The zero-order valence-electron chi connectivity index (χ0n) is 12.8. The van der Waals surface area contributed by atoms with Crippen molar-refractivity contribution in [1.82, 2.24) is 4.31 Å². The Labute approximate surface area is 127 Å². The van der Waals surface area contributed by atoms with Crippen molar-refractivity contribution in [3.8, 4) is 6.07 Å². The molecule has 118 valence electrons. The summed E-state index contributed by atoms with van der Waals surface area (Å²) in [6.07, 6.45) is 3.73. The lowest BCUT2D eigenvalue weighted by atomic mass is 9.62. The SMILES string of the molecule is CC(C)(CC#N)CS(=O)(=O)N1CC2(CCC2)[C@H]2COC[C@H]21. The zero-order chi connectivity index (χ0) is 15.3. The number of nitriles is 1. The van der Waals surface area contributed by atoms with E-state index in [1.165, 1.54) is 6.42 Å². The molecule has 0 unspecified atom stereocenters. The summed E-state index contributed by atoms with van der Waals surface area (Å²) in [5.74, 6) is 0.424. The molecule has 2 saturated heterocycles. The normalized spacial score (nSPS) is 31.9. The summed E-state index contributed by atoms with van der Waals surface area (Å²) in [6, 6.07) is 2.12. The van der Waals surface area contributed by atoms with Crippen molar-refractivity contribution in [3.63, 3.8) is 0 Å². The monoisotopic (exact) mass is 312 g/mol. The van der Waals surface area contributed by atoms with E-state index >= 15 is 0 Å². The third kappa shape index (κ3) is 2.49. The number of rotatable bonds is 4. The zero-order valence-corrected chi connectivity index (χ0v) is 13.7. The molecule has 5 nitrogen and oxygen atoms in total. The highest BCUT2D eigenvalue weighted by atomic mass is 32.2. The Hall–Kier alpha value is -0.640. The lowest BCUT2D eigenvalue weighted by Crippen LogP contribution is -2.43. The van der Waals surface area contributed by atoms with Crippen LogP contribution in [0.1, 0.15) is 39.5 Å². The lowest BCUT2D eigenvalue weighted by Gasteiger charge is -2.42. The first-order chi connectivity index (χ1) is 9.80. The van der Waals surface area contributed by atoms with Gasteiger partial charge >= 0.3 is 0 Å². The Bertz CT molecular complexity index is 560. The van der Waals surface area contributed by atoms with Gasteiger partial charge in [-0.1, -0.05) is 20.3 Å². The van der Waals surface area contributed by atoms with Crippen molar-refractivity contribution in [2.24, 2.45) is 16.7 Å². The lowest BCUT2D eigenvalue weighted by molar-refractivity contribution is 0.0600. The minimum atomic E-state index is -3.34. The van der Waals surface area contributed by atoms with Crippen molar-refractivity contribution >= 4 is 10.0 Å². The maximum Gasteiger partial charge on any atom is 0.215 e. The van der Waals surface area contributed by atoms with E-state index in [2.05, 4.69) is 6.07 Å². The molecule has 21 heavy (non-hydrogen) atoms. The van der Waals surface area contributed by atoms with E-state index in [0.29, 0.717) is 25.7 Å². The van der Waals surface area contributed by atoms with Crippen LogP contribution in [0.3, 0.4) is 0 Å². The summed E-state index contributed by atoms with van der Waals surface area (Å²) in [5, 5.41) is 8.87. The predicted molar refractivity (Wildman–Crippen MR) is 78.9 cm³/mol. The van der Waals surface area contributed by atoms with Crippen molar-refractivity contribution < 1.29 is 13.2 Å². The van der Waals surface area contributed by atoms with Gasteiger partial charge in [0.25, 0.3) is 0 Å². The first-order valence-corrected chi connectivity index (χ1v) is 9.35. The molecule has 1 aliphatic carbocycles. The van der Waals surface area contributed by atoms with Crippen LogP contribution < -0.4 is 0 Å². The van der Waals surface area contributed by atoms with Gasteiger partial charge in [0.05, 0.1) is 31.1 Å². The fraction of sp³-hybridized carbons (Fsp3) is 0.933. The van der Waals surface area contributed by atoms with Crippen molar-refractivity contribution in [2.45, 2.75) is 45.6 Å². The van der Waals surface area contributed by atoms with E-state index in [-0.39, 0.29) is 23.6 Å². The van der Waals surface area contributed by atoms with Crippen LogP contribution in [0.25, 0.3) is 0 Å². The topological polar surface area (TPSA) is 70.4 Å². The second-order valence-electron chi connectivity index (χ2n) is 7.73. The average molecular weight is 312 g/mol. The summed E-state index contributed by atoms with van der Waals surface area (Å²) in [6.45, 7) is 5.61. The molecule has 3 fully saturated rings. The molecule has 1 saturated carbocycles. The van der Waals surface area contributed by atoms with Gasteiger partial charge in [-0.05, 0) is 23.7 Å².